The number of hydrogen-bond acceptors (Lipinski definition) is 1. The molecule has 1 aromatic carbocycles. The van der Waals surface area contributed by atoms with Gasteiger partial charge in [0.1, 0.15) is 0 Å². The lowest BCUT2D eigenvalue weighted by Gasteiger charge is -2.03. The van der Waals surface area contributed by atoms with Crippen LogP contribution in [0.1, 0.15) is 70.3 Å². The van der Waals surface area contributed by atoms with Crippen molar-refractivity contribution in [2.75, 3.05) is 6.54 Å². The van der Waals surface area contributed by atoms with Crippen LogP contribution < -0.4 is 5.32 Å². The molecular formula is C20H30ClNO. The topological polar surface area (TPSA) is 29.1 Å². The monoisotopic (exact) mass is 335 g/mol. The Morgan fingerprint density at radius 3 is 2.35 bits per heavy atom. The van der Waals surface area contributed by atoms with Crippen LogP contribution in [0.2, 0.25) is 5.02 Å². The molecule has 1 aromatic rings. The molecule has 23 heavy (non-hydrogen) atoms. The average Bonchev–Trinajstić information content (AvgIpc) is 2.55. The van der Waals surface area contributed by atoms with Crippen LogP contribution in [0, 0.1) is 0 Å². The summed E-state index contributed by atoms with van der Waals surface area (Å²) >= 11 is 5.91. The van der Waals surface area contributed by atoms with Gasteiger partial charge in [0.25, 0.3) is 0 Å². The van der Waals surface area contributed by atoms with Gasteiger partial charge in [-0.15, -0.1) is 0 Å². The predicted molar refractivity (Wildman–Crippen MR) is 101 cm³/mol. The van der Waals surface area contributed by atoms with Crippen LogP contribution in [0.15, 0.2) is 30.3 Å². The van der Waals surface area contributed by atoms with E-state index in [1.54, 1.807) is 12.2 Å². The minimum Gasteiger partial charge on any atom is -0.353 e. The van der Waals surface area contributed by atoms with Gasteiger partial charge in [0, 0.05) is 17.6 Å². The van der Waals surface area contributed by atoms with Gasteiger partial charge in [0.05, 0.1) is 0 Å². The number of unbranched alkanes of at least 4 members (excludes halogenated alkanes) is 8. The van der Waals surface area contributed by atoms with Gasteiger partial charge >= 0.3 is 0 Å². The van der Waals surface area contributed by atoms with E-state index < -0.39 is 0 Å². The lowest BCUT2D eigenvalue weighted by atomic mass is 10.1. The van der Waals surface area contributed by atoms with Crippen molar-refractivity contribution in [2.24, 2.45) is 0 Å². The normalized spacial score (nSPS) is 11.0. The summed E-state index contributed by atoms with van der Waals surface area (Å²) in [7, 11) is 0. The summed E-state index contributed by atoms with van der Waals surface area (Å²) in [6, 6.07) is 7.47. The molecule has 0 saturated heterocycles. The second-order valence-corrected chi connectivity index (χ2v) is 6.44. The predicted octanol–water partition coefficient (Wildman–Crippen LogP) is 6.00. The third-order valence-corrected chi connectivity index (χ3v) is 4.09. The number of amides is 1. The summed E-state index contributed by atoms with van der Waals surface area (Å²) in [5, 5.41) is 3.61. The number of benzene rings is 1. The Labute approximate surface area is 146 Å². The van der Waals surface area contributed by atoms with Crippen molar-refractivity contribution in [3.8, 4) is 0 Å². The number of nitrogens with one attached hydrogen (secondary N) is 1. The van der Waals surface area contributed by atoms with E-state index in [2.05, 4.69) is 12.2 Å². The van der Waals surface area contributed by atoms with Gasteiger partial charge in [0.2, 0.25) is 5.91 Å². The molecule has 0 aliphatic rings. The molecule has 1 amide bonds. The molecule has 3 heteroatoms. The maximum Gasteiger partial charge on any atom is 0.243 e. The summed E-state index contributed by atoms with van der Waals surface area (Å²) in [5.41, 5.74) is 0.940. The van der Waals surface area contributed by atoms with E-state index in [1.807, 2.05) is 24.3 Å². The van der Waals surface area contributed by atoms with E-state index in [9.17, 15) is 4.79 Å². The third-order valence-electron chi connectivity index (χ3n) is 3.86. The maximum atomic E-state index is 11.7. The first-order chi connectivity index (χ1) is 11.2. The highest BCUT2D eigenvalue weighted by Gasteiger charge is 1.96. The summed E-state index contributed by atoms with van der Waals surface area (Å²) in [6.45, 7) is 3.01. The molecule has 0 atom stereocenters. The molecular weight excluding hydrogens is 306 g/mol. The number of hydrogen-bond donors (Lipinski definition) is 1. The summed E-state index contributed by atoms with van der Waals surface area (Å²) < 4.78 is 0. The summed E-state index contributed by atoms with van der Waals surface area (Å²) in [6.07, 6.45) is 15.0. The van der Waals surface area contributed by atoms with Gasteiger partial charge in [-0.25, -0.2) is 0 Å². The zero-order valence-electron chi connectivity index (χ0n) is 14.3. The molecule has 0 fully saturated rings. The Hall–Kier alpha value is -1.28. The van der Waals surface area contributed by atoms with Gasteiger partial charge < -0.3 is 5.32 Å². The van der Waals surface area contributed by atoms with Crippen LogP contribution in [0.4, 0.5) is 0 Å². The van der Waals surface area contributed by atoms with Crippen LogP contribution in [-0.4, -0.2) is 12.5 Å². The van der Waals surface area contributed by atoms with Crippen molar-refractivity contribution < 1.29 is 4.79 Å². The molecule has 0 aliphatic carbocycles. The highest BCUT2D eigenvalue weighted by atomic mass is 35.5. The summed E-state index contributed by atoms with van der Waals surface area (Å²) in [5.74, 6) is -0.0375. The van der Waals surface area contributed by atoms with Gasteiger partial charge in [-0.3, -0.25) is 4.79 Å². The fourth-order valence-electron chi connectivity index (χ4n) is 2.49. The second kappa shape index (κ2) is 13.2. The van der Waals surface area contributed by atoms with Crippen LogP contribution in [0.5, 0.6) is 0 Å². The van der Waals surface area contributed by atoms with E-state index >= 15 is 0 Å². The van der Waals surface area contributed by atoms with Crippen molar-refractivity contribution in [3.63, 3.8) is 0 Å². The first-order valence-electron chi connectivity index (χ1n) is 8.94. The number of halogens is 1. The smallest absolute Gasteiger partial charge is 0.243 e. The minimum absolute atomic E-state index is 0.0375. The zero-order valence-corrected chi connectivity index (χ0v) is 15.1. The highest BCUT2D eigenvalue weighted by Crippen LogP contribution is 2.12. The number of carbonyl (C=O) groups is 1. The van der Waals surface area contributed by atoms with Crippen LogP contribution >= 0.6 is 11.6 Å². The lowest BCUT2D eigenvalue weighted by Crippen LogP contribution is -2.21. The van der Waals surface area contributed by atoms with Crippen LogP contribution in [-0.2, 0) is 4.79 Å². The van der Waals surface area contributed by atoms with Gasteiger partial charge in [-0.2, -0.15) is 0 Å². The molecule has 0 saturated carbocycles. The zero-order chi connectivity index (χ0) is 16.8. The number of carbonyl (C=O) groups excluding carboxylic acids is 1. The van der Waals surface area contributed by atoms with Crippen molar-refractivity contribution in [3.05, 3.63) is 40.9 Å². The Balaban J connectivity index is 2.00. The van der Waals surface area contributed by atoms with E-state index in [0.29, 0.717) is 5.02 Å². The molecule has 0 bridgehead atoms. The summed E-state index contributed by atoms with van der Waals surface area (Å²) in [4.78, 5) is 11.7. The molecule has 0 radical (unpaired) electrons. The van der Waals surface area contributed by atoms with Gasteiger partial charge in [0.15, 0.2) is 0 Å². The number of rotatable bonds is 12. The molecule has 0 heterocycles. The SMILES string of the molecule is CCCCCCCCCCCNC(=O)/C=C/c1cccc(Cl)c1. The molecule has 2 nitrogen and oxygen atoms in total. The van der Waals surface area contributed by atoms with Gasteiger partial charge in [-0.05, 0) is 30.2 Å². The molecule has 0 aromatic heterocycles. The quantitative estimate of drug-likeness (QED) is 0.368. The van der Waals surface area contributed by atoms with E-state index in [0.717, 1.165) is 18.5 Å². The van der Waals surface area contributed by atoms with Crippen LogP contribution in [0.25, 0.3) is 6.08 Å². The highest BCUT2D eigenvalue weighted by molar-refractivity contribution is 6.30. The van der Waals surface area contributed by atoms with E-state index in [1.165, 1.54) is 51.4 Å². The van der Waals surface area contributed by atoms with E-state index in [-0.39, 0.29) is 5.91 Å². The van der Waals surface area contributed by atoms with Crippen molar-refractivity contribution >= 4 is 23.6 Å². The maximum absolute atomic E-state index is 11.7. The molecule has 128 valence electrons. The largest absolute Gasteiger partial charge is 0.353 e. The lowest BCUT2D eigenvalue weighted by molar-refractivity contribution is -0.116. The fourth-order valence-corrected chi connectivity index (χ4v) is 2.69. The molecule has 0 unspecified atom stereocenters. The first-order valence-corrected chi connectivity index (χ1v) is 9.31. The van der Waals surface area contributed by atoms with Gasteiger partial charge in [-0.1, -0.05) is 82.0 Å². The molecule has 0 spiro atoms. The Morgan fingerprint density at radius 1 is 1.04 bits per heavy atom. The minimum atomic E-state index is -0.0375. The Kier molecular flexibility index (Phi) is 11.3. The molecule has 1 rings (SSSR count). The molecule has 1 N–H and O–H groups in total. The third kappa shape index (κ3) is 11.0. The fraction of sp³-hybridized carbons (Fsp3) is 0.550. The Morgan fingerprint density at radius 2 is 1.70 bits per heavy atom. The van der Waals surface area contributed by atoms with Crippen molar-refractivity contribution in [1.29, 1.82) is 0 Å². The Bertz CT molecular complexity index is 470. The van der Waals surface area contributed by atoms with Crippen molar-refractivity contribution in [2.45, 2.75) is 64.7 Å². The average molecular weight is 336 g/mol. The second-order valence-electron chi connectivity index (χ2n) is 6.01. The molecule has 0 aliphatic heterocycles. The van der Waals surface area contributed by atoms with E-state index in [4.69, 9.17) is 11.6 Å². The van der Waals surface area contributed by atoms with Crippen LogP contribution in [0.3, 0.4) is 0 Å². The first kappa shape index (κ1) is 19.8. The van der Waals surface area contributed by atoms with Crippen molar-refractivity contribution in [1.82, 2.24) is 5.32 Å². The standard InChI is InChI=1S/C20H30ClNO/c1-2-3-4-5-6-7-8-9-10-16-22-20(23)15-14-18-12-11-13-19(21)17-18/h11-15,17H,2-10,16H2,1H3,(H,22,23)/b15-14+.